The van der Waals surface area contributed by atoms with Crippen LogP contribution in [0.4, 0.5) is 5.69 Å². The highest BCUT2D eigenvalue weighted by Crippen LogP contribution is 2.36. The number of carbonyl (C=O) groups excluding carboxylic acids is 2. The molecule has 0 N–H and O–H groups in total. The van der Waals surface area contributed by atoms with Crippen molar-refractivity contribution in [1.29, 1.82) is 0 Å². The SMILES string of the molecule is C=CCN1C(=O)C(=O)c2ccc3ccccc3c21. The molecule has 1 heterocycles. The van der Waals surface area contributed by atoms with E-state index in [0.717, 1.165) is 10.8 Å². The summed E-state index contributed by atoms with van der Waals surface area (Å²) in [7, 11) is 0. The summed E-state index contributed by atoms with van der Waals surface area (Å²) in [4.78, 5) is 25.3. The fraction of sp³-hybridized carbons (Fsp3) is 0.0667. The van der Waals surface area contributed by atoms with Crippen LogP contribution in [0.2, 0.25) is 0 Å². The molecule has 1 amide bonds. The Morgan fingerprint density at radius 2 is 1.89 bits per heavy atom. The fourth-order valence-electron chi connectivity index (χ4n) is 2.37. The molecule has 0 aromatic heterocycles. The van der Waals surface area contributed by atoms with Gasteiger partial charge in [0.25, 0.3) is 11.7 Å². The Balaban J connectivity index is 2.35. The monoisotopic (exact) mass is 237 g/mol. The Labute approximate surface area is 104 Å². The Morgan fingerprint density at radius 1 is 1.11 bits per heavy atom. The summed E-state index contributed by atoms with van der Waals surface area (Å²) < 4.78 is 0. The molecule has 0 saturated carbocycles. The molecule has 3 heteroatoms. The first-order chi connectivity index (χ1) is 8.74. The van der Waals surface area contributed by atoms with Crippen molar-refractivity contribution in [2.24, 2.45) is 0 Å². The maximum atomic E-state index is 11.9. The van der Waals surface area contributed by atoms with E-state index < -0.39 is 11.7 Å². The van der Waals surface area contributed by atoms with Gasteiger partial charge in [0.15, 0.2) is 0 Å². The molecule has 0 aliphatic carbocycles. The summed E-state index contributed by atoms with van der Waals surface area (Å²) >= 11 is 0. The molecule has 0 atom stereocenters. The second-order valence-corrected chi connectivity index (χ2v) is 4.22. The minimum Gasteiger partial charge on any atom is -0.300 e. The number of nitrogens with zero attached hydrogens (tertiary/aromatic N) is 1. The summed E-state index contributed by atoms with van der Waals surface area (Å²) in [6.07, 6.45) is 1.63. The number of amides is 1. The second-order valence-electron chi connectivity index (χ2n) is 4.22. The van der Waals surface area contributed by atoms with E-state index in [2.05, 4.69) is 6.58 Å². The van der Waals surface area contributed by atoms with Gasteiger partial charge in [-0.1, -0.05) is 36.4 Å². The highest BCUT2D eigenvalue weighted by atomic mass is 16.2. The van der Waals surface area contributed by atoms with E-state index in [1.807, 2.05) is 30.3 Å². The fourth-order valence-corrected chi connectivity index (χ4v) is 2.37. The molecule has 0 radical (unpaired) electrons. The van der Waals surface area contributed by atoms with Crippen LogP contribution in [0.5, 0.6) is 0 Å². The number of rotatable bonds is 2. The van der Waals surface area contributed by atoms with Crippen molar-refractivity contribution in [3.05, 3.63) is 54.6 Å². The van der Waals surface area contributed by atoms with Crippen molar-refractivity contribution in [1.82, 2.24) is 0 Å². The van der Waals surface area contributed by atoms with Crippen LogP contribution < -0.4 is 4.90 Å². The number of hydrogen-bond donors (Lipinski definition) is 0. The Kier molecular flexibility index (Phi) is 2.27. The van der Waals surface area contributed by atoms with E-state index in [-0.39, 0.29) is 0 Å². The summed E-state index contributed by atoms with van der Waals surface area (Å²) in [5.74, 6) is -0.904. The molecule has 88 valence electrons. The number of carbonyl (C=O) groups is 2. The van der Waals surface area contributed by atoms with E-state index in [1.165, 1.54) is 4.90 Å². The second kappa shape index (κ2) is 3.81. The lowest BCUT2D eigenvalue weighted by Gasteiger charge is -2.16. The van der Waals surface area contributed by atoms with E-state index >= 15 is 0 Å². The van der Waals surface area contributed by atoms with Crippen LogP contribution in [0.1, 0.15) is 10.4 Å². The maximum absolute atomic E-state index is 11.9. The first-order valence-electron chi connectivity index (χ1n) is 5.73. The molecule has 0 bridgehead atoms. The predicted molar refractivity (Wildman–Crippen MR) is 70.8 cm³/mol. The van der Waals surface area contributed by atoms with Gasteiger partial charge in [0.05, 0.1) is 11.3 Å². The average molecular weight is 237 g/mol. The molecule has 3 rings (SSSR count). The third-order valence-corrected chi connectivity index (χ3v) is 3.17. The zero-order valence-corrected chi connectivity index (χ0v) is 9.72. The van der Waals surface area contributed by atoms with Gasteiger partial charge in [0.1, 0.15) is 0 Å². The summed E-state index contributed by atoms with van der Waals surface area (Å²) in [6, 6.07) is 11.3. The van der Waals surface area contributed by atoms with Crippen molar-refractivity contribution in [2.75, 3.05) is 11.4 Å². The summed E-state index contributed by atoms with van der Waals surface area (Å²) in [6.45, 7) is 3.98. The lowest BCUT2D eigenvalue weighted by molar-refractivity contribution is -0.114. The summed E-state index contributed by atoms with van der Waals surface area (Å²) in [5.41, 5.74) is 1.20. The maximum Gasteiger partial charge on any atom is 0.299 e. The first-order valence-corrected chi connectivity index (χ1v) is 5.73. The Bertz CT molecular complexity index is 688. The Morgan fingerprint density at radius 3 is 2.67 bits per heavy atom. The molecule has 1 aliphatic rings. The van der Waals surface area contributed by atoms with Gasteiger partial charge in [-0.25, -0.2) is 0 Å². The van der Waals surface area contributed by atoms with E-state index in [4.69, 9.17) is 0 Å². The van der Waals surface area contributed by atoms with Crippen molar-refractivity contribution in [2.45, 2.75) is 0 Å². The van der Waals surface area contributed by atoms with Gasteiger partial charge in [-0.3, -0.25) is 9.59 Å². The zero-order chi connectivity index (χ0) is 12.7. The van der Waals surface area contributed by atoms with E-state index in [0.29, 0.717) is 17.8 Å². The molecule has 2 aromatic carbocycles. The third-order valence-electron chi connectivity index (χ3n) is 3.17. The van der Waals surface area contributed by atoms with Gasteiger partial charge in [0, 0.05) is 11.9 Å². The number of Topliss-reactive ketones (excluding diaryl/α,β-unsaturated/α-hetero) is 1. The number of hydrogen-bond acceptors (Lipinski definition) is 2. The molecule has 0 unspecified atom stereocenters. The van der Waals surface area contributed by atoms with Crippen molar-refractivity contribution < 1.29 is 9.59 Å². The zero-order valence-electron chi connectivity index (χ0n) is 9.72. The quantitative estimate of drug-likeness (QED) is 0.594. The highest BCUT2D eigenvalue weighted by molar-refractivity contribution is 6.53. The smallest absolute Gasteiger partial charge is 0.299 e. The minimum atomic E-state index is -0.471. The molecular weight excluding hydrogens is 226 g/mol. The average Bonchev–Trinajstić information content (AvgIpc) is 2.65. The lowest BCUT2D eigenvalue weighted by Crippen LogP contribution is -2.29. The molecule has 18 heavy (non-hydrogen) atoms. The number of benzene rings is 2. The standard InChI is InChI=1S/C15H11NO2/c1-2-9-16-13-11-6-4-3-5-10(11)7-8-12(13)14(17)15(16)18/h2-8H,1,9H2. The van der Waals surface area contributed by atoms with Crippen molar-refractivity contribution in [3.63, 3.8) is 0 Å². The highest BCUT2D eigenvalue weighted by Gasteiger charge is 2.36. The molecule has 0 spiro atoms. The largest absolute Gasteiger partial charge is 0.300 e. The van der Waals surface area contributed by atoms with Gasteiger partial charge < -0.3 is 4.90 Å². The summed E-state index contributed by atoms with van der Waals surface area (Å²) in [5, 5.41) is 1.95. The van der Waals surface area contributed by atoms with Crippen LogP contribution in [0.3, 0.4) is 0 Å². The van der Waals surface area contributed by atoms with Gasteiger partial charge >= 0.3 is 0 Å². The van der Waals surface area contributed by atoms with Gasteiger partial charge in [-0.2, -0.15) is 0 Å². The predicted octanol–water partition coefficient (Wildman–Crippen LogP) is 2.56. The van der Waals surface area contributed by atoms with Crippen LogP contribution in [-0.4, -0.2) is 18.2 Å². The normalized spacial score (nSPS) is 14.1. The van der Waals surface area contributed by atoms with Crippen LogP contribution in [0.15, 0.2) is 49.1 Å². The minimum absolute atomic E-state index is 0.353. The van der Waals surface area contributed by atoms with Crippen molar-refractivity contribution >= 4 is 28.2 Å². The van der Waals surface area contributed by atoms with Crippen LogP contribution in [0.25, 0.3) is 10.8 Å². The van der Waals surface area contributed by atoms with Crippen LogP contribution in [-0.2, 0) is 4.79 Å². The molecule has 3 nitrogen and oxygen atoms in total. The third kappa shape index (κ3) is 1.31. The van der Waals surface area contributed by atoms with Crippen LogP contribution >= 0.6 is 0 Å². The molecule has 2 aromatic rings. The number of fused-ring (bicyclic) bond motifs is 3. The van der Waals surface area contributed by atoms with Crippen molar-refractivity contribution in [3.8, 4) is 0 Å². The van der Waals surface area contributed by atoms with E-state index in [9.17, 15) is 9.59 Å². The molecule has 1 aliphatic heterocycles. The molecule has 0 fully saturated rings. The molecule has 0 saturated heterocycles. The number of ketones is 1. The molecular formula is C15H11NO2. The van der Waals surface area contributed by atoms with E-state index in [1.54, 1.807) is 12.1 Å². The first kappa shape index (κ1) is 10.7. The lowest BCUT2D eigenvalue weighted by atomic mass is 10.0. The Hall–Kier alpha value is -2.42. The van der Waals surface area contributed by atoms with Gasteiger partial charge in [-0.05, 0) is 11.5 Å². The van der Waals surface area contributed by atoms with Gasteiger partial charge in [0.2, 0.25) is 0 Å². The topological polar surface area (TPSA) is 37.4 Å². The van der Waals surface area contributed by atoms with Gasteiger partial charge in [-0.15, -0.1) is 6.58 Å². The number of anilines is 1. The van der Waals surface area contributed by atoms with Crippen LogP contribution in [0, 0.1) is 0 Å².